The lowest BCUT2D eigenvalue weighted by Crippen LogP contribution is -1.63. The first-order valence-corrected chi connectivity index (χ1v) is 4.20. The highest BCUT2D eigenvalue weighted by Gasteiger charge is 2.08. The summed E-state index contributed by atoms with van der Waals surface area (Å²) >= 11 is 0. The Bertz CT molecular complexity index is 30.7. The molecule has 7 heteroatoms. The highest BCUT2D eigenvalue weighted by molar-refractivity contribution is 8.19. The van der Waals surface area contributed by atoms with E-state index in [1.165, 1.54) is 0 Å². The van der Waals surface area contributed by atoms with Crippen molar-refractivity contribution in [1.29, 1.82) is 0 Å². The molecule has 0 saturated heterocycles. The van der Waals surface area contributed by atoms with Crippen molar-refractivity contribution in [2.75, 3.05) is 0 Å². The van der Waals surface area contributed by atoms with Gasteiger partial charge in [0.05, 0.1) is 0 Å². The van der Waals surface area contributed by atoms with Gasteiger partial charge in [0.1, 0.15) is 0 Å². The molecule has 0 unspecified atom stereocenters. The molecule has 0 aromatic heterocycles. The van der Waals surface area contributed by atoms with Gasteiger partial charge in [0.15, 0.2) is 17.4 Å². The van der Waals surface area contributed by atoms with E-state index in [-0.39, 0.29) is 17.4 Å². The van der Waals surface area contributed by atoms with Crippen molar-refractivity contribution in [3.63, 3.8) is 0 Å². The van der Waals surface area contributed by atoms with Gasteiger partial charge in [0.2, 0.25) is 0 Å². The zero-order valence-electron chi connectivity index (χ0n) is 2.68. The molecule has 0 aromatic rings. The fourth-order valence-electron chi connectivity index (χ4n) is 0. The topological polar surface area (TPSA) is 80.9 Å². The van der Waals surface area contributed by atoms with Crippen LogP contribution < -0.4 is 0 Å². The van der Waals surface area contributed by atoms with E-state index >= 15 is 0 Å². The minimum Gasteiger partial charge on any atom is -0.344 e. The fraction of sp³-hybridized carbons (Fsp3) is 0. The molecule has 44 valence electrons. The largest absolute Gasteiger partial charge is 0.344 e. The normalized spacial score (nSPS) is 9.43. The molecule has 0 radical (unpaired) electrons. The minimum atomic E-state index is -2.48. The molecule has 0 heterocycles. The third kappa shape index (κ3) is 7.23. The van der Waals surface area contributed by atoms with E-state index < -0.39 is 16.1 Å². The molecule has 0 amide bonds. The van der Waals surface area contributed by atoms with E-state index in [0.29, 0.717) is 0 Å². The second-order valence-corrected chi connectivity index (χ2v) is 3.76. The minimum absolute atomic E-state index is 0. The predicted octanol–water partition coefficient (Wildman–Crippen LogP) is -1.69. The summed E-state index contributed by atoms with van der Waals surface area (Å²) in [5.41, 5.74) is 0. The Kier molecular flexibility index (Phi) is 8.51. The molecule has 0 saturated carbocycles. The van der Waals surface area contributed by atoms with Crippen LogP contribution in [0.1, 0.15) is 0 Å². The summed E-state index contributed by atoms with van der Waals surface area (Å²) in [5, 5.41) is 0. The number of hydrogen-bond acceptors (Lipinski definition) is 4. The third-order valence-corrected chi connectivity index (χ3v) is 1.44. The van der Waals surface area contributed by atoms with Crippen LogP contribution in [0.25, 0.3) is 0 Å². The van der Waals surface area contributed by atoms with E-state index in [1.807, 2.05) is 0 Å². The van der Waals surface area contributed by atoms with E-state index in [4.69, 9.17) is 19.6 Å². The van der Waals surface area contributed by atoms with Crippen molar-refractivity contribution in [1.82, 2.24) is 0 Å². The quantitative estimate of drug-likeness (QED) is 0.272. The Morgan fingerprint density at radius 3 is 0.857 bits per heavy atom. The Hall–Kier alpha value is 1.23. The zero-order chi connectivity index (χ0) is 5.15. The van der Waals surface area contributed by atoms with Crippen LogP contribution in [0.2, 0.25) is 0 Å². The van der Waals surface area contributed by atoms with Crippen LogP contribution in [0, 0.1) is 0 Å². The summed E-state index contributed by atoms with van der Waals surface area (Å²) in [5.74, 6) is 0. The summed E-state index contributed by atoms with van der Waals surface area (Å²) in [6.45, 7) is 0. The Morgan fingerprint density at radius 1 is 0.714 bits per heavy atom. The third-order valence-electron chi connectivity index (χ3n) is 0.160. The SMILES string of the molecule is OP(O)P(O)O.[AlH3]. The molecular formula is H7AlO4P2. The molecule has 0 fully saturated rings. The summed E-state index contributed by atoms with van der Waals surface area (Å²) in [6.07, 6.45) is 0. The first-order valence-electron chi connectivity index (χ1n) is 1.000. The van der Waals surface area contributed by atoms with E-state index in [1.54, 1.807) is 0 Å². The van der Waals surface area contributed by atoms with Gasteiger partial charge in [-0.1, -0.05) is 0 Å². The summed E-state index contributed by atoms with van der Waals surface area (Å²) in [7, 11) is -4.97. The van der Waals surface area contributed by atoms with Crippen LogP contribution in [0.5, 0.6) is 0 Å². The Labute approximate surface area is 53.7 Å². The second kappa shape index (κ2) is 5.37. The summed E-state index contributed by atoms with van der Waals surface area (Å²) < 4.78 is 0. The van der Waals surface area contributed by atoms with Gasteiger partial charge in [-0.25, -0.2) is 0 Å². The lowest BCUT2D eigenvalue weighted by Gasteiger charge is -1.97. The molecule has 4 nitrogen and oxygen atoms in total. The van der Waals surface area contributed by atoms with Crippen molar-refractivity contribution < 1.29 is 19.6 Å². The summed E-state index contributed by atoms with van der Waals surface area (Å²) in [4.78, 5) is 31.1. The van der Waals surface area contributed by atoms with Gasteiger partial charge >= 0.3 is 0 Å². The van der Waals surface area contributed by atoms with Crippen LogP contribution in [0.15, 0.2) is 0 Å². The van der Waals surface area contributed by atoms with Gasteiger partial charge in [-0.15, -0.1) is 0 Å². The Balaban J connectivity index is 0. The van der Waals surface area contributed by atoms with Crippen LogP contribution in [-0.2, 0) is 0 Å². The van der Waals surface area contributed by atoms with Crippen molar-refractivity contribution in [2.24, 2.45) is 0 Å². The van der Waals surface area contributed by atoms with Gasteiger partial charge in [-0.2, -0.15) is 0 Å². The average Bonchev–Trinajstić information content (AvgIpc) is 1.36. The average molecular weight is 160 g/mol. The standard InChI is InChI=1S/Al.H4O4P2.3H/c;1-5(2)6(3)4;;;/h;1-4H;;;. The Morgan fingerprint density at radius 2 is 0.857 bits per heavy atom. The molecule has 0 atom stereocenters. The van der Waals surface area contributed by atoms with Crippen molar-refractivity contribution in [3.05, 3.63) is 0 Å². The molecule has 0 aliphatic heterocycles. The van der Waals surface area contributed by atoms with E-state index in [2.05, 4.69) is 0 Å². The molecule has 0 rings (SSSR count). The van der Waals surface area contributed by atoms with Crippen LogP contribution in [-0.4, -0.2) is 36.9 Å². The van der Waals surface area contributed by atoms with Crippen LogP contribution in [0.3, 0.4) is 0 Å². The maximum atomic E-state index is 7.78. The molecule has 0 spiro atoms. The first-order chi connectivity index (χ1) is 2.64. The summed E-state index contributed by atoms with van der Waals surface area (Å²) in [6, 6.07) is 0. The van der Waals surface area contributed by atoms with E-state index in [0.717, 1.165) is 0 Å². The molecule has 7 heavy (non-hydrogen) atoms. The van der Waals surface area contributed by atoms with E-state index in [9.17, 15) is 0 Å². The van der Waals surface area contributed by atoms with Crippen LogP contribution in [0.4, 0.5) is 0 Å². The van der Waals surface area contributed by atoms with Gasteiger partial charge in [0, 0.05) is 0 Å². The second-order valence-electron chi connectivity index (χ2n) is 0.537. The highest BCUT2D eigenvalue weighted by atomic mass is 32.1. The number of hydrogen-bond donors (Lipinski definition) is 4. The molecular weight excluding hydrogens is 153 g/mol. The van der Waals surface area contributed by atoms with Crippen molar-refractivity contribution in [3.8, 4) is 0 Å². The maximum absolute atomic E-state index is 7.78. The van der Waals surface area contributed by atoms with Crippen LogP contribution >= 0.6 is 16.1 Å². The predicted molar refractivity (Wildman–Crippen MR) is 32.7 cm³/mol. The molecule has 4 N–H and O–H groups in total. The molecule has 0 aromatic carbocycles. The zero-order valence-corrected chi connectivity index (χ0v) is 4.47. The van der Waals surface area contributed by atoms with Crippen molar-refractivity contribution >= 4 is 33.5 Å². The van der Waals surface area contributed by atoms with Gasteiger partial charge < -0.3 is 19.6 Å². The smallest absolute Gasteiger partial charge is 0.250 e. The molecule has 0 aliphatic rings. The van der Waals surface area contributed by atoms with Gasteiger partial charge in [0.25, 0.3) is 16.1 Å². The van der Waals surface area contributed by atoms with Gasteiger partial charge in [-0.3, -0.25) is 0 Å². The fourth-order valence-corrected chi connectivity index (χ4v) is 0. The molecule has 0 bridgehead atoms. The molecule has 0 aliphatic carbocycles. The number of rotatable bonds is 1. The van der Waals surface area contributed by atoms with Gasteiger partial charge in [-0.05, 0) is 0 Å². The maximum Gasteiger partial charge on any atom is 0.250 e. The lowest BCUT2D eigenvalue weighted by molar-refractivity contribution is 0.457. The first kappa shape index (κ1) is 11.1. The lowest BCUT2D eigenvalue weighted by atomic mass is 15.9. The highest BCUT2D eigenvalue weighted by Crippen LogP contribution is 2.56. The monoisotopic (exact) mass is 160 g/mol. The van der Waals surface area contributed by atoms with Crippen molar-refractivity contribution in [2.45, 2.75) is 0 Å².